The first-order valence-corrected chi connectivity index (χ1v) is 12.0. The predicted octanol–water partition coefficient (Wildman–Crippen LogP) is 4.46. The van der Waals surface area contributed by atoms with E-state index in [0.717, 1.165) is 50.7 Å². The summed E-state index contributed by atoms with van der Waals surface area (Å²) in [6.45, 7) is 6.02. The van der Waals surface area contributed by atoms with E-state index in [4.69, 9.17) is 0 Å². The van der Waals surface area contributed by atoms with Crippen LogP contribution in [0.2, 0.25) is 0 Å². The SMILES string of the molecule is CN=C(NCc1nccn1CCc1ccccc1)NC1CCN(Cc2ccccc2)C(C)C1.I. The zero-order chi connectivity index (χ0) is 22.9. The van der Waals surface area contributed by atoms with Gasteiger partial charge in [-0.1, -0.05) is 60.7 Å². The van der Waals surface area contributed by atoms with Gasteiger partial charge in [-0.3, -0.25) is 9.89 Å². The molecule has 1 aromatic heterocycles. The average molecular weight is 573 g/mol. The molecule has 2 atom stereocenters. The molecule has 2 unspecified atom stereocenters. The van der Waals surface area contributed by atoms with Crippen molar-refractivity contribution >= 4 is 29.9 Å². The summed E-state index contributed by atoms with van der Waals surface area (Å²) < 4.78 is 2.22. The van der Waals surface area contributed by atoms with Crippen molar-refractivity contribution in [1.82, 2.24) is 25.1 Å². The first-order valence-electron chi connectivity index (χ1n) is 12.0. The zero-order valence-corrected chi connectivity index (χ0v) is 22.6. The summed E-state index contributed by atoms with van der Waals surface area (Å²) >= 11 is 0. The number of rotatable bonds is 8. The van der Waals surface area contributed by atoms with E-state index in [1.54, 1.807) is 0 Å². The van der Waals surface area contributed by atoms with Crippen LogP contribution in [0.15, 0.2) is 78.0 Å². The number of hydrogen-bond donors (Lipinski definition) is 2. The molecule has 0 saturated carbocycles. The molecule has 0 bridgehead atoms. The Hall–Kier alpha value is -2.39. The van der Waals surface area contributed by atoms with Crippen molar-refractivity contribution in [3.63, 3.8) is 0 Å². The molecule has 1 aliphatic rings. The minimum atomic E-state index is 0. The Bertz CT molecular complexity index is 1000. The van der Waals surface area contributed by atoms with Crippen molar-refractivity contribution < 1.29 is 0 Å². The second-order valence-electron chi connectivity index (χ2n) is 8.87. The van der Waals surface area contributed by atoms with Crippen molar-refractivity contribution in [2.24, 2.45) is 4.99 Å². The zero-order valence-electron chi connectivity index (χ0n) is 20.2. The summed E-state index contributed by atoms with van der Waals surface area (Å²) in [5.41, 5.74) is 2.73. The third kappa shape index (κ3) is 7.56. The smallest absolute Gasteiger partial charge is 0.191 e. The van der Waals surface area contributed by atoms with Crippen molar-refractivity contribution in [3.05, 3.63) is 90.0 Å². The number of aliphatic imine (C=N–C) groups is 1. The molecule has 1 aliphatic heterocycles. The van der Waals surface area contributed by atoms with Crippen LogP contribution in [0, 0.1) is 0 Å². The fourth-order valence-electron chi connectivity index (χ4n) is 4.56. The number of nitrogens with one attached hydrogen (secondary N) is 2. The van der Waals surface area contributed by atoms with Crippen LogP contribution in [0.3, 0.4) is 0 Å². The molecule has 1 saturated heterocycles. The van der Waals surface area contributed by atoms with Gasteiger partial charge in [0.15, 0.2) is 5.96 Å². The normalized spacial score (nSPS) is 18.8. The fourth-order valence-corrected chi connectivity index (χ4v) is 4.56. The fraction of sp³-hybridized carbons (Fsp3) is 0.407. The van der Waals surface area contributed by atoms with Gasteiger partial charge in [0.05, 0.1) is 6.54 Å². The van der Waals surface area contributed by atoms with E-state index in [2.05, 4.69) is 104 Å². The molecule has 182 valence electrons. The van der Waals surface area contributed by atoms with E-state index in [0.29, 0.717) is 18.6 Å². The summed E-state index contributed by atoms with van der Waals surface area (Å²) in [5, 5.41) is 7.10. The van der Waals surface area contributed by atoms with Gasteiger partial charge in [-0.05, 0) is 37.3 Å². The van der Waals surface area contributed by atoms with Gasteiger partial charge in [-0.25, -0.2) is 4.98 Å². The molecule has 2 aromatic carbocycles. The number of guanidine groups is 1. The number of halogens is 1. The molecule has 0 spiro atoms. The van der Waals surface area contributed by atoms with Crippen LogP contribution < -0.4 is 10.6 Å². The van der Waals surface area contributed by atoms with E-state index < -0.39 is 0 Å². The van der Waals surface area contributed by atoms with E-state index in [1.165, 1.54) is 11.1 Å². The lowest BCUT2D eigenvalue weighted by molar-refractivity contribution is 0.134. The Morgan fingerprint density at radius 2 is 1.76 bits per heavy atom. The van der Waals surface area contributed by atoms with Gasteiger partial charge in [0.2, 0.25) is 0 Å². The molecule has 7 heteroatoms. The van der Waals surface area contributed by atoms with Gasteiger partial charge >= 0.3 is 0 Å². The minimum Gasteiger partial charge on any atom is -0.354 e. The van der Waals surface area contributed by atoms with Crippen molar-refractivity contribution in [3.8, 4) is 0 Å². The Morgan fingerprint density at radius 1 is 1.06 bits per heavy atom. The number of imidazole rings is 1. The lowest BCUT2D eigenvalue weighted by Gasteiger charge is -2.38. The minimum absolute atomic E-state index is 0. The van der Waals surface area contributed by atoms with Crippen molar-refractivity contribution in [1.29, 1.82) is 0 Å². The average Bonchev–Trinajstić information content (AvgIpc) is 3.31. The van der Waals surface area contributed by atoms with Gasteiger partial charge in [-0.15, -0.1) is 24.0 Å². The second kappa shape index (κ2) is 13.5. The first kappa shape index (κ1) is 26.2. The van der Waals surface area contributed by atoms with E-state index in [9.17, 15) is 0 Å². The van der Waals surface area contributed by atoms with Crippen LogP contribution in [0.1, 0.15) is 36.7 Å². The maximum Gasteiger partial charge on any atom is 0.191 e. The van der Waals surface area contributed by atoms with E-state index in [1.807, 2.05) is 13.2 Å². The largest absolute Gasteiger partial charge is 0.354 e. The molecule has 4 rings (SSSR count). The maximum absolute atomic E-state index is 4.55. The Balaban J connectivity index is 0.00000324. The molecule has 1 fully saturated rings. The molecular formula is C27H37IN6. The lowest BCUT2D eigenvalue weighted by atomic mass is 9.97. The number of aryl methyl sites for hydroxylation is 2. The quantitative estimate of drug-likeness (QED) is 0.238. The molecule has 6 nitrogen and oxygen atoms in total. The second-order valence-corrected chi connectivity index (χ2v) is 8.87. The van der Waals surface area contributed by atoms with Crippen LogP contribution in [-0.2, 0) is 26.1 Å². The van der Waals surface area contributed by atoms with Crippen LogP contribution >= 0.6 is 24.0 Å². The van der Waals surface area contributed by atoms with Crippen molar-refractivity contribution in [2.75, 3.05) is 13.6 Å². The molecule has 34 heavy (non-hydrogen) atoms. The van der Waals surface area contributed by atoms with Crippen LogP contribution in [0.5, 0.6) is 0 Å². The third-order valence-electron chi connectivity index (χ3n) is 6.51. The van der Waals surface area contributed by atoms with E-state index >= 15 is 0 Å². The van der Waals surface area contributed by atoms with Gasteiger partial charge in [0, 0.05) is 51.2 Å². The van der Waals surface area contributed by atoms with Crippen LogP contribution in [0.4, 0.5) is 0 Å². The summed E-state index contributed by atoms with van der Waals surface area (Å²) in [5.74, 6) is 1.88. The first-order chi connectivity index (χ1) is 16.2. The number of piperidine rings is 1. The molecular weight excluding hydrogens is 535 g/mol. The van der Waals surface area contributed by atoms with Gasteiger partial charge in [-0.2, -0.15) is 0 Å². The third-order valence-corrected chi connectivity index (χ3v) is 6.51. The molecule has 0 amide bonds. The number of hydrogen-bond acceptors (Lipinski definition) is 3. The summed E-state index contributed by atoms with van der Waals surface area (Å²) in [7, 11) is 1.84. The highest BCUT2D eigenvalue weighted by atomic mass is 127. The molecule has 0 radical (unpaired) electrons. The predicted molar refractivity (Wildman–Crippen MR) is 150 cm³/mol. The number of likely N-dealkylation sites (tertiary alicyclic amines) is 1. The summed E-state index contributed by atoms with van der Waals surface area (Å²) in [6.07, 6.45) is 7.15. The standard InChI is InChI=1S/C27H36N6.HI/c1-22-19-25(14-17-33(22)21-24-11-7-4-8-12-24)31-27(28-2)30-20-26-29-15-18-32(26)16-13-23-9-5-3-6-10-23;/h3-12,15,18,22,25H,13-14,16-17,19-21H2,1-2H3,(H2,28,30,31);1H. The number of benzene rings is 2. The highest BCUT2D eigenvalue weighted by molar-refractivity contribution is 14.0. The van der Waals surface area contributed by atoms with E-state index in [-0.39, 0.29) is 24.0 Å². The monoisotopic (exact) mass is 572 g/mol. The molecule has 2 heterocycles. The van der Waals surface area contributed by atoms with Gasteiger partial charge < -0.3 is 15.2 Å². The topological polar surface area (TPSA) is 57.5 Å². The Kier molecular flexibility index (Phi) is 10.4. The number of nitrogens with zero attached hydrogens (tertiary/aromatic N) is 4. The van der Waals surface area contributed by atoms with Crippen LogP contribution in [0.25, 0.3) is 0 Å². The summed E-state index contributed by atoms with van der Waals surface area (Å²) in [4.78, 5) is 11.6. The lowest BCUT2D eigenvalue weighted by Crippen LogP contribution is -2.51. The maximum atomic E-state index is 4.55. The Labute approximate surface area is 220 Å². The van der Waals surface area contributed by atoms with Crippen molar-refractivity contribution in [2.45, 2.75) is 57.9 Å². The van der Waals surface area contributed by atoms with Gasteiger partial charge in [0.25, 0.3) is 0 Å². The molecule has 3 aromatic rings. The molecule has 0 aliphatic carbocycles. The highest BCUT2D eigenvalue weighted by Gasteiger charge is 2.26. The molecule has 2 N–H and O–H groups in total. The Morgan fingerprint density at radius 3 is 2.44 bits per heavy atom. The van der Waals surface area contributed by atoms with Crippen LogP contribution in [-0.4, -0.2) is 46.1 Å². The number of aromatic nitrogens is 2. The summed E-state index contributed by atoms with van der Waals surface area (Å²) in [6, 6.07) is 22.3. The highest BCUT2D eigenvalue weighted by Crippen LogP contribution is 2.20. The van der Waals surface area contributed by atoms with Gasteiger partial charge in [0.1, 0.15) is 5.82 Å².